The average Bonchev–Trinajstić information content (AvgIpc) is 2.43. The van der Waals surface area contributed by atoms with Gasteiger partial charge < -0.3 is 9.64 Å². The number of amides is 1. The van der Waals surface area contributed by atoms with Crippen molar-refractivity contribution in [3.63, 3.8) is 0 Å². The van der Waals surface area contributed by atoms with E-state index >= 15 is 0 Å². The van der Waals surface area contributed by atoms with E-state index in [9.17, 15) is 9.59 Å². The molecule has 1 heterocycles. The van der Waals surface area contributed by atoms with E-state index in [0.717, 1.165) is 13.0 Å². The maximum atomic E-state index is 11.9. The highest BCUT2D eigenvalue weighted by Gasteiger charge is 2.20. The SMILES string of the molecule is COC(=O)CCC(=O)N1CCc2ccccc2C1. The fraction of sp³-hybridized carbons (Fsp3) is 0.429. The van der Waals surface area contributed by atoms with Crippen molar-refractivity contribution in [2.75, 3.05) is 13.7 Å². The summed E-state index contributed by atoms with van der Waals surface area (Å²) in [6, 6.07) is 8.16. The first-order valence-corrected chi connectivity index (χ1v) is 6.12. The summed E-state index contributed by atoms with van der Waals surface area (Å²) in [5.74, 6) is -0.310. The Balaban J connectivity index is 1.92. The highest BCUT2D eigenvalue weighted by Crippen LogP contribution is 2.19. The Hall–Kier alpha value is -1.84. The van der Waals surface area contributed by atoms with E-state index in [-0.39, 0.29) is 24.7 Å². The predicted molar refractivity (Wildman–Crippen MR) is 66.8 cm³/mol. The molecule has 0 radical (unpaired) electrons. The lowest BCUT2D eigenvalue weighted by Crippen LogP contribution is -2.36. The van der Waals surface area contributed by atoms with E-state index < -0.39 is 0 Å². The van der Waals surface area contributed by atoms with Gasteiger partial charge in [-0.3, -0.25) is 9.59 Å². The van der Waals surface area contributed by atoms with Gasteiger partial charge in [-0.2, -0.15) is 0 Å². The minimum atomic E-state index is -0.333. The third-order valence-corrected chi connectivity index (χ3v) is 3.25. The van der Waals surface area contributed by atoms with Crippen LogP contribution in [0.3, 0.4) is 0 Å². The molecule has 0 spiro atoms. The van der Waals surface area contributed by atoms with Gasteiger partial charge in [0, 0.05) is 19.5 Å². The molecule has 96 valence electrons. The van der Waals surface area contributed by atoms with Crippen molar-refractivity contribution < 1.29 is 14.3 Å². The molecule has 2 rings (SSSR count). The molecule has 0 bridgehead atoms. The van der Waals surface area contributed by atoms with Gasteiger partial charge in [0.15, 0.2) is 0 Å². The van der Waals surface area contributed by atoms with Crippen LogP contribution in [0.1, 0.15) is 24.0 Å². The lowest BCUT2D eigenvalue weighted by molar-refractivity contribution is -0.143. The van der Waals surface area contributed by atoms with Gasteiger partial charge in [0.1, 0.15) is 0 Å². The van der Waals surface area contributed by atoms with Gasteiger partial charge >= 0.3 is 5.97 Å². The lowest BCUT2D eigenvalue weighted by Gasteiger charge is -2.28. The van der Waals surface area contributed by atoms with Crippen molar-refractivity contribution in [1.29, 1.82) is 0 Å². The molecule has 0 aliphatic carbocycles. The van der Waals surface area contributed by atoms with Gasteiger partial charge in [-0.15, -0.1) is 0 Å². The average molecular weight is 247 g/mol. The molecule has 1 aromatic rings. The van der Waals surface area contributed by atoms with Crippen molar-refractivity contribution in [3.8, 4) is 0 Å². The van der Waals surface area contributed by atoms with E-state index in [4.69, 9.17) is 0 Å². The summed E-state index contributed by atoms with van der Waals surface area (Å²) in [4.78, 5) is 24.8. The maximum absolute atomic E-state index is 11.9. The van der Waals surface area contributed by atoms with E-state index in [0.29, 0.717) is 6.54 Å². The number of benzene rings is 1. The first kappa shape index (κ1) is 12.6. The fourth-order valence-corrected chi connectivity index (χ4v) is 2.18. The van der Waals surface area contributed by atoms with Gasteiger partial charge in [-0.05, 0) is 17.5 Å². The quantitative estimate of drug-likeness (QED) is 0.761. The van der Waals surface area contributed by atoms with Crippen LogP contribution in [0.2, 0.25) is 0 Å². The molecular weight excluding hydrogens is 230 g/mol. The summed E-state index contributed by atoms with van der Waals surface area (Å²) in [5, 5.41) is 0. The summed E-state index contributed by atoms with van der Waals surface area (Å²) >= 11 is 0. The first-order chi connectivity index (χ1) is 8.70. The Morgan fingerprint density at radius 1 is 1.22 bits per heavy atom. The van der Waals surface area contributed by atoms with Crippen LogP contribution < -0.4 is 0 Å². The van der Waals surface area contributed by atoms with Crippen molar-refractivity contribution in [1.82, 2.24) is 4.90 Å². The van der Waals surface area contributed by atoms with E-state index in [1.807, 2.05) is 17.0 Å². The Morgan fingerprint density at radius 2 is 1.94 bits per heavy atom. The molecule has 0 aromatic heterocycles. The van der Waals surface area contributed by atoms with Crippen molar-refractivity contribution in [3.05, 3.63) is 35.4 Å². The molecule has 0 fully saturated rings. The predicted octanol–water partition coefficient (Wildman–Crippen LogP) is 1.52. The number of carbonyl (C=O) groups is 2. The molecule has 0 saturated heterocycles. The Kier molecular flexibility index (Phi) is 3.97. The Morgan fingerprint density at radius 3 is 2.67 bits per heavy atom. The minimum absolute atomic E-state index is 0.0231. The summed E-state index contributed by atoms with van der Waals surface area (Å²) in [5.41, 5.74) is 2.52. The third kappa shape index (κ3) is 2.88. The van der Waals surface area contributed by atoms with Crippen molar-refractivity contribution in [2.45, 2.75) is 25.8 Å². The molecule has 18 heavy (non-hydrogen) atoms. The minimum Gasteiger partial charge on any atom is -0.469 e. The van der Waals surface area contributed by atoms with Gasteiger partial charge in [0.25, 0.3) is 0 Å². The molecule has 1 aliphatic rings. The molecule has 4 heteroatoms. The van der Waals surface area contributed by atoms with Crippen LogP contribution >= 0.6 is 0 Å². The zero-order valence-corrected chi connectivity index (χ0v) is 10.5. The number of rotatable bonds is 3. The van der Waals surface area contributed by atoms with Crippen LogP contribution in [-0.4, -0.2) is 30.4 Å². The number of carbonyl (C=O) groups excluding carboxylic acids is 2. The second kappa shape index (κ2) is 5.67. The molecule has 1 aromatic carbocycles. The Labute approximate surface area is 107 Å². The molecule has 0 saturated carbocycles. The van der Waals surface area contributed by atoms with Gasteiger partial charge in [-0.25, -0.2) is 0 Å². The molecule has 1 aliphatic heterocycles. The smallest absolute Gasteiger partial charge is 0.306 e. The molecule has 0 atom stereocenters. The topological polar surface area (TPSA) is 46.6 Å². The largest absolute Gasteiger partial charge is 0.469 e. The number of hydrogen-bond donors (Lipinski definition) is 0. The van der Waals surface area contributed by atoms with Crippen molar-refractivity contribution >= 4 is 11.9 Å². The fourth-order valence-electron chi connectivity index (χ4n) is 2.18. The maximum Gasteiger partial charge on any atom is 0.306 e. The van der Waals surface area contributed by atoms with Gasteiger partial charge in [-0.1, -0.05) is 24.3 Å². The highest BCUT2D eigenvalue weighted by atomic mass is 16.5. The zero-order chi connectivity index (χ0) is 13.0. The third-order valence-electron chi connectivity index (χ3n) is 3.25. The van der Waals surface area contributed by atoms with Crippen LogP contribution in [0.25, 0.3) is 0 Å². The number of esters is 1. The number of ether oxygens (including phenoxy) is 1. The van der Waals surface area contributed by atoms with Crippen LogP contribution in [0.5, 0.6) is 0 Å². The molecule has 4 nitrogen and oxygen atoms in total. The highest BCUT2D eigenvalue weighted by molar-refractivity contribution is 5.81. The molecule has 0 N–H and O–H groups in total. The van der Waals surface area contributed by atoms with E-state index in [1.54, 1.807) is 0 Å². The van der Waals surface area contributed by atoms with Crippen LogP contribution in [0, 0.1) is 0 Å². The van der Waals surface area contributed by atoms with Crippen LogP contribution in [0.15, 0.2) is 24.3 Å². The summed E-state index contributed by atoms with van der Waals surface area (Å²) in [6.07, 6.45) is 1.28. The number of methoxy groups -OCH3 is 1. The summed E-state index contributed by atoms with van der Waals surface area (Å²) < 4.78 is 4.53. The monoisotopic (exact) mass is 247 g/mol. The van der Waals surface area contributed by atoms with E-state index in [1.165, 1.54) is 18.2 Å². The summed E-state index contributed by atoms with van der Waals surface area (Å²) in [7, 11) is 1.34. The molecule has 1 amide bonds. The van der Waals surface area contributed by atoms with E-state index in [2.05, 4.69) is 16.9 Å². The zero-order valence-electron chi connectivity index (χ0n) is 10.5. The number of nitrogens with zero attached hydrogens (tertiary/aromatic N) is 1. The van der Waals surface area contributed by atoms with Crippen molar-refractivity contribution in [2.24, 2.45) is 0 Å². The first-order valence-electron chi connectivity index (χ1n) is 6.12. The van der Waals surface area contributed by atoms with Crippen LogP contribution in [0.4, 0.5) is 0 Å². The summed E-state index contributed by atoms with van der Waals surface area (Å²) in [6.45, 7) is 1.38. The number of fused-ring (bicyclic) bond motifs is 1. The molecular formula is C14H17NO3. The van der Waals surface area contributed by atoms with Gasteiger partial charge in [0.2, 0.25) is 5.91 Å². The second-order valence-corrected chi connectivity index (χ2v) is 4.41. The van der Waals surface area contributed by atoms with Gasteiger partial charge in [0.05, 0.1) is 13.5 Å². The lowest BCUT2D eigenvalue weighted by atomic mass is 9.99. The van der Waals surface area contributed by atoms with Crippen LogP contribution in [-0.2, 0) is 27.3 Å². The molecule has 0 unspecified atom stereocenters. The normalized spacial score (nSPS) is 13.9. The second-order valence-electron chi connectivity index (χ2n) is 4.41. The standard InChI is InChI=1S/C14H17NO3/c1-18-14(17)7-6-13(16)15-9-8-11-4-2-3-5-12(11)10-15/h2-5H,6-10H2,1H3. The number of hydrogen-bond acceptors (Lipinski definition) is 3. The Bertz CT molecular complexity index is 456.